The highest BCUT2D eigenvalue weighted by Gasteiger charge is 2.28. The molecule has 1 atom stereocenters. The first kappa shape index (κ1) is 20.1. The van der Waals surface area contributed by atoms with Crippen molar-refractivity contribution in [2.24, 2.45) is 0 Å². The Morgan fingerprint density at radius 3 is 2.59 bits per heavy atom. The molecule has 1 aliphatic rings. The maximum absolute atomic E-state index is 13.5. The quantitative estimate of drug-likeness (QED) is 0.501. The molecule has 29 heavy (non-hydrogen) atoms. The summed E-state index contributed by atoms with van der Waals surface area (Å²) in [4.78, 5) is 17.7. The molecule has 0 aliphatic carbocycles. The molecule has 0 unspecified atom stereocenters. The summed E-state index contributed by atoms with van der Waals surface area (Å²) in [5.41, 5.74) is 1.26. The van der Waals surface area contributed by atoms with Crippen molar-refractivity contribution in [1.82, 2.24) is 15.0 Å². The summed E-state index contributed by atoms with van der Waals surface area (Å²) in [6.07, 6.45) is 1.73. The van der Waals surface area contributed by atoms with Gasteiger partial charge in [0.15, 0.2) is 0 Å². The van der Waals surface area contributed by atoms with Crippen LogP contribution in [0.3, 0.4) is 0 Å². The van der Waals surface area contributed by atoms with Gasteiger partial charge < -0.3 is 9.80 Å². The van der Waals surface area contributed by atoms with Crippen molar-refractivity contribution in [3.63, 3.8) is 0 Å². The van der Waals surface area contributed by atoms with Crippen LogP contribution in [0.2, 0.25) is 15.2 Å². The van der Waals surface area contributed by atoms with Gasteiger partial charge in [0, 0.05) is 43.5 Å². The van der Waals surface area contributed by atoms with E-state index < -0.39 is 5.82 Å². The summed E-state index contributed by atoms with van der Waals surface area (Å²) < 4.78 is 13.5. The maximum Gasteiger partial charge on any atom is 0.227 e. The summed E-state index contributed by atoms with van der Waals surface area (Å²) in [6, 6.07) is 9.85. The summed E-state index contributed by atoms with van der Waals surface area (Å²) in [6.45, 7) is 4.19. The van der Waals surface area contributed by atoms with Crippen LogP contribution >= 0.6 is 34.8 Å². The topological polar surface area (TPSA) is 45.2 Å². The van der Waals surface area contributed by atoms with E-state index in [0.29, 0.717) is 47.0 Å². The van der Waals surface area contributed by atoms with Gasteiger partial charge in [-0.15, -0.1) is 0 Å². The van der Waals surface area contributed by atoms with Crippen LogP contribution in [0.15, 0.2) is 42.6 Å². The molecule has 3 aromatic rings. The van der Waals surface area contributed by atoms with Gasteiger partial charge in [-0.2, -0.15) is 0 Å². The van der Waals surface area contributed by atoms with Gasteiger partial charge in [-0.1, -0.05) is 34.8 Å². The van der Waals surface area contributed by atoms with Gasteiger partial charge >= 0.3 is 0 Å². The molecule has 1 aliphatic heterocycles. The zero-order chi connectivity index (χ0) is 20.5. The minimum atomic E-state index is -0.478. The van der Waals surface area contributed by atoms with Crippen LogP contribution in [0, 0.1) is 5.82 Å². The molecule has 0 N–H and O–H groups in total. The molecule has 0 spiro atoms. The van der Waals surface area contributed by atoms with Gasteiger partial charge in [-0.3, -0.25) is 0 Å². The van der Waals surface area contributed by atoms with Crippen molar-refractivity contribution in [2.75, 3.05) is 29.4 Å². The fourth-order valence-electron chi connectivity index (χ4n) is 3.39. The van der Waals surface area contributed by atoms with Crippen LogP contribution in [0.4, 0.5) is 16.2 Å². The summed E-state index contributed by atoms with van der Waals surface area (Å²) >= 11 is 18.5. The number of rotatable bonds is 3. The van der Waals surface area contributed by atoms with Gasteiger partial charge in [-0.05, 0) is 37.3 Å². The van der Waals surface area contributed by atoms with Gasteiger partial charge in [-0.25, -0.2) is 19.3 Å². The molecule has 0 bridgehead atoms. The number of hydrogen-bond acceptors (Lipinski definition) is 5. The fraction of sp³-hybridized carbons (Fsp3) is 0.250. The fourth-order valence-corrected chi connectivity index (χ4v) is 4.00. The summed E-state index contributed by atoms with van der Waals surface area (Å²) in [7, 11) is 0. The minimum Gasteiger partial charge on any atom is -0.352 e. The first-order valence-electron chi connectivity index (χ1n) is 9.04. The number of anilines is 2. The van der Waals surface area contributed by atoms with Crippen LogP contribution in [0.1, 0.15) is 6.92 Å². The van der Waals surface area contributed by atoms with Crippen molar-refractivity contribution >= 4 is 46.6 Å². The molecule has 0 radical (unpaired) electrons. The molecule has 2 aromatic heterocycles. The Morgan fingerprint density at radius 1 is 1.03 bits per heavy atom. The molecule has 5 nitrogen and oxygen atoms in total. The SMILES string of the molecule is C[C@@H]1CN(c2ncccc2Cl)CCN1c1nc(Cl)cc(-c2ccc(F)c(Cl)c2)n1. The normalized spacial score (nSPS) is 16.9. The van der Waals surface area contributed by atoms with E-state index >= 15 is 0 Å². The van der Waals surface area contributed by atoms with Crippen molar-refractivity contribution in [3.05, 3.63) is 63.6 Å². The Balaban J connectivity index is 1.60. The lowest BCUT2D eigenvalue weighted by Crippen LogP contribution is -2.53. The van der Waals surface area contributed by atoms with E-state index in [1.165, 1.54) is 12.1 Å². The number of piperazine rings is 1. The first-order chi connectivity index (χ1) is 13.9. The van der Waals surface area contributed by atoms with E-state index in [9.17, 15) is 4.39 Å². The molecule has 3 heterocycles. The van der Waals surface area contributed by atoms with Crippen LogP contribution in [-0.2, 0) is 0 Å². The van der Waals surface area contributed by atoms with E-state index in [1.807, 2.05) is 12.1 Å². The van der Waals surface area contributed by atoms with Crippen molar-refractivity contribution in [1.29, 1.82) is 0 Å². The Morgan fingerprint density at radius 2 is 1.86 bits per heavy atom. The highest BCUT2D eigenvalue weighted by molar-refractivity contribution is 6.33. The van der Waals surface area contributed by atoms with Crippen LogP contribution in [0.5, 0.6) is 0 Å². The van der Waals surface area contributed by atoms with Crippen molar-refractivity contribution < 1.29 is 4.39 Å². The standard InChI is InChI=1S/C20H17Cl3FN5/c1-12-11-28(19-14(21)3-2-6-25-19)7-8-29(12)20-26-17(10-18(23)27-20)13-4-5-16(24)15(22)9-13/h2-6,9-10,12H,7-8,11H2,1H3/t12-/m1/s1. The molecular weight excluding hydrogens is 436 g/mol. The van der Waals surface area contributed by atoms with Gasteiger partial charge in [0.2, 0.25) is 5.95 Å². The Hall–Kier alpha value is -2.15. The molecule has 1 fully saturated rings. The molecule has 4 rings (SSSR count). The average Bonchev–Trinajstić information content (AvgIpc) is 2.70. The third-order valence-electron chi connectivity index (χ3n) is 4.82. The molecular formula is C20H17Cl3FN5. The Bertz CT molecular complexity index is 1050. The third kappa shape index (κ3) is 4.25. The lowest BCUT2D eigenvalue weighted by atomic mass is 10.1. The third-order valence-corrected chi connectivity index (χ3v) is 5.60. The van der Waals surface area contributed by atoms with Crippen molar-refractivity contribution in [3.8, 4) is 11.3 Å². The highest BCUT2D eigenvalue weighted by Crippen LogP contribution is 2.29. The van der Waals surface area contributed by atoms with Crippen LogP contribution in [0.25, 0.3) is 11.3 Å². The second-order valence-corrected chi connectivity index (χ2v) is 8.00. The van der Waals surface area contributed by atoms with Crippen molar-refractivity contribution in [2.45, 2.75) is 13.0 Å². The monoisotopic (exact) mass is 451 g/mol. The summed E-state index contributed by atoms with van der Waals surface area (Å²) in [5.74, 6) is 0.815. The number of pyridine rings is 1. The van der Waals surface area contributed by atoms with Gasteiger partial charge in [0.05, 0.1) is 15.7 Å². The van der Waals surface area contributed by atoms with Crippen LogP contribution in [-0.4, -0.2) is 40.6 Å². The number of halogens is 4. The summed E-state index contributed by atoms with van der Waals surface area (Å²) in [5, 5.41) is 0.975. The van der Waals surface area contributed by atoms with E-state index in [0.717, 1.165) is 5.82 Å². The second-order valence-electron chi connectivity index (χ2n) is 6.80. The molecule has 1 saturated heterocycles. The lowest BCUT2D eigenvalue weighted by molar-refractivity contribution is 0.537. The lowest BCUT2D eigenvalue weighted by Gasteiger charge is -2.40. The van der Waals surface area contributed by atoms with Gasteiger partial charge in [0.25, 0.3) is 0 Å². The van der Waals surface area contributed by atoms with Gasteiger partial charge in [0.1, 0.15) is 16.8 Å². The van der Waals surface area contributed by atoms with E-state index in [2.05, 4.69) is 31.7 Å². The molecule has 0 saturated carbocycles. The predicted octanol–water partition coefficient (Wildman–Crippen LogP) is 5.35. The van der Waals surface area contributed by atoms with Crippen LogP contribution < -0.4 is 9.80 Å². The number of hydrogen-bond donors (Lipinski definition) is 0. The number of aromatic nitrogens is 3. The van der Waals surface area contributed by atoms with E-state index in [1.54, 1.807) is 18.3 Å². The minimum absolute atomic E-state index is 0.0352. The molecule has 1 aromatic carbocycles. The molecule has 150 valence electrons. The zero-order valence-electron chi connectivity index (χ0n) is 15.5. The predicted molar refractivity (Wildman–Crippen MR) is 116 cm³/mol. The molecule has 9 heteroatoms. The highest BCUT2D eigenvalue weighted by atomic mass is 35.5. The molecule has 0 amide bonds. The Kier molecular flexibility index (Phi) is 5.76. The zero-order valence-corrected chi connectivity index (χ0v) is 17.8. The number of nitrogens with zero attached hydrogens (tertiary/aromatic N) is 5. The Labute approximate surface area is 183 Å². The van der Waals surface area contributed by atoms with E-state index in [-0.39, 0.29) is 11.1 Å². The smallest absolute Gasteiger partial charge is 0.227 e. The second kappa shape index (κ2) is 8.30. The van der Waals surface area contributed by atoms with E-state index in [4.69, 9.17) is 34.8 Å². The number of benzene rings is 1. The largest absolute Gasteiger partial charge is 0.352 e. The average molecular weight is 453 g/mol. The first-order valence-corrected chi connectivity index (χ1v) is 10.2. The maximum atomic E-state index is 13.5.